The first-order chi connectivity index (χ1) is 12.1. The van der Waals surface area contributed by atoms with Crippen molar-refractivity contribution in [1.29, 1.82) is 10.5 Å². The Hall–Kier alpha value is -2.70. The summed E-state index contributed by atoms with van der Waals surface area (Å²) in [5, 5.41) is 17.8. The first kappa shape index (κ1) is 17.1. The molecule has 1 aromatic carbocycles. The summed E-state index contributed by atoms with van der Waals surface area (Å²) in [4.78, 5) is 28.6. The number of likely N-dealkylation sites (tertiary alicyclic amines) is 2. The minimum atomic E-state index is -0.466. The SMILES string of the molecule is N#CCCC(C#N)CN1C(=O)C2CN(Cc3ccccc3)CC2C1=O. The molecule has 0 bridgehead atoms. The van der Waals surface area contributed by atoms with Gasteiger partial charge in [-0.2, -0.15) is 10.5 Å². The summed E-state index contributed by atoms with van der Waals surface area (Å²) in [5.41, 5.74) is 1.17. The van der Waals surface area contributed by atoms with Crippen LogP contribution < -0.4 is 0 Å². The molecule has 0 radical (unpaired) electrons. The van der Waals surface area contributed by atoms with Gasteiger partial charge in [-0.3, -0.25) is 19.4 Å². The minimum absolute atomic E-state index is 0.113. The molecule has 2 aliphatic rings. The normalized spacial score (nSPS) is 24.0. The third-order valence-corrected chi connectivity index (χ3v) is 5.00. The molecule has 0 spiro atoms. The van der Waals surface area contributed by atoms with Crippen LogP contribution in [0.1, 0.15) is 18.4 Å². The van der Waals surface area contributed by atoms with Gasteiger partial charge >= 0.3 is 0 Å². The van der Waals surface area contributed by atoms with Gasteiger partial charge in [-0.1, -0.05) is 30.3 Å². The van der Waals surface area contributed by atoms with E-state index in [9.17, 15) is 14.9 Å². The van der Waals surface area contributed by atoms with Crippen molar-refractivity contribution in [3.63, 3.8) is 0 Å². The van der Waals surface area contributed by atoms with Crippen molar-refractivity contribution >= 4 is 11.8 Å². The largest absolute Gasteiger partial charge is 0.297 e. The maximum atomic E-state index is 12.6. The molecule has 25 heavy (non-hydrogen) atoms. The van der Waals surface area contributed by atoms with E-state index in [1.807, 2.05) is 36.4 Å². The average molecular weight is 336 g/mol. The van der Waals surface area contributed by atoms with Gasteiger partial charge in [0, 0.05) is 32.6 Å². The third kappa shape index (κ3) is 3.55. The van der Waals surface area contributed by atoms with Crippen molar-refractivity contribution in [3.05, 3.63) is 35.9 Å². The highest BCUT2D eigenvalue weighted by Gasteiger charge is 2.52. The topological polar surface area (TPSA) is 88.2 Å². The smallest absolute Gasteiger partial charge is 0.234 e. The van der Waals surface area contributed by atoms with Crippen LogP contribution in [0.3, 0.4) is 0 Å². The molecule has 3 rings (SSSR count). The molecule has 2 amide bonds. The van der Waals surface area contributed by atoms with Crippen LogP contribution >= 0.6 is 0 Å². The first-order valence-electron chi connectivity index (χ1n) is 8.52. The van der Waals surface area contributed by atoms with E-state index < -0.39 is 5.92 Å². The quantitative estimate of drug-likeness (QED) is 0.735. The van der Waals surface area contributed by atoms with Gasteiger partial charge < -0.3 is 0 Å². The molecule has 2 saturated heterocycles. The van der Waals surface area contributed by atoms with Gasteiger partial charge in [0.2, 0.25) is 11.8 Å². The number of imide groups is 1. The standard InChI is InChI=1S/C19H20N4O2/c20-8-4-7-15(9-21)11-23-18(24)16-12-22(13-17(16)19(23)25)10-14-5-2-1-3-6-14/h1-3,5-6,15-17H,4,7,10-13H2. The Kier molecular flexibility index (Phi) is 5.11. The monoisotopic (exact) mass is 336 g/mol. The van der Waals surface area contributed by atoms with E-state index in [1.165, 1.54) is 10.5 Å². The molecule has 0 aliphatic carbocycles. The molecule has 1 aromatic rings. The van der Waals surface area contributed by atoms with Crippen LogP contribution in [0.4, 0.5) is 0 Å². The van der Waals surface area contributed by atoms with Gasteiger partial charge in [-0.25, -0.2) is 0 Å². The lowest BCUT2D eigenvalue weighted by Crippen LogP contribution is -2.38. The second-order valence-electron chi connectivity index (χ2n) is 6.70. The average Bonchev–Trinajstić information content (AvgIpc) is 3.13. The van der Waals surface area contributed by atoms with Gasteiger partial charge in [0.25, 0.3) is 0 Å². The number of hydrogen-bond acceptors (Lipinski definition) is 5. The molecule has 3 unspecified atom stereocenters. The lowest BCUT2D eigenvalue weighted by Gasteiger charge is -2.22. The highest BCUT2D eigenvalue weighted by Crippen LogP contribution is 2.34. The number of hydrogen-bond donors (Lipinski definition) is 0. The Morgan fingerprint density at radius 1 is 1.08 bits per heavy atom. The Bertz CT molecular complexity index is 710. The van der Waals surface area contributed by atoms with Crippen LogP contribution in [0.15, 0.2) is 30.3 Å². The predicted octanol–water partition coefficient (Wildman–Crippen LogP) is 1.55. The molecule has 6 heteroatoms. The number of fused-ring (bicyclic) bond motifs is 1. The van der Waals surface area contributed by atoms with Crippen molar-refractivity contribution < 1.29 is 9.59 Å². The number of amides is 2. The van der Waals surface area contributed by atoms with Crippen molar-refractivity contribution in [2.24, 2.45) is 17.8 Å². The lowest BCUT2D eigenvalue weighted by atomic mass is 10.00. The molecule has 2 aliphatic heterocycles. The Balaban J connectivity index is 1.62. The molecule has 128 valence electrons. The number of rotatable bonds is 6. The zero-order valence-corrected chi connectivity index (χ0v) is 14.0. The molecule has 0 saturated carbocycles. The number of carbonyl (C=O) groups is 2. The zero-order chi connectivity index (χ0) is 17.8. The van der Waals surface area contributed by atoms with Gasteiger partial charge in [-0.15, -0.1) is 0 Å². The molecule has 2 fully saturated rings. The fraction of sp³-hybridized carbons (Fsp3) is 0.474. The van der Waals surface area contributed by atoms with Crippen molar-refractivity contribution in [2.75, 3.05) is 19.6 Å². The third-order valence-electron chi connectivity index (χ3n) is 5.00. The lowest BCUT2D eigenvalue weighted by molar-refractivity contribution is -0.141. The summed E-state index contributed by atoms with van der Waals surface area (Å²) in [5.74, 6) is -1.39. The molecule has 0 N–H and O–H groups in total. The van der Waals surface area contributed by atoms with E-state index in [1.54, 1.807) is 0 Å². The van der Waals surface area contributed by atoms with Crippen LogP contribution in [-0.2, 0) is 16.1 Å². The second kappa shape index (κ2) is 7.46. The van der Waals surface area contributed by atoms with Gasteiger partial charge in [0.1, 0.15) is 0 Å². The van der Waals surface area contributed by atoms with Gasteiger partial charge in [0.05, 0.1) is 29.9 Å². The molecule has 6 nitrogen and oxygen atoms in total. The molecule has 0 aromatic heterocycles. The Morgan fingerprint density at radius 3 is 2.28 bits per heavy atom. The van der Waals surface area contributed by atoms with E-state index in [-0.39, 0.29) is 36.6 Å². The van der Waals surface area contributed by atoms with Crippen molar-refractivity contribution in [3.8, 4) is 12.1 Å². The predicted molar refractivity (Wildman–Crippen MR) is 89.4 cm³/mol. The van der Waals surface area contributed by atoms with E-state index in [0.29, 0.717) is 19.5 Å². The van der Waals surface area contributed by atoms with Crippen LogP contribution in [0.2, 0.25) is 0 Å². The summed E-state index contributed by atoms with van der Waals surface area (Å²) in [6.45, 7) is 2.00. The van der Waals surface area contributed by atoms with Crippen molar-refractivity contribution in [2.45, 2.75) is 19.4 Å². The Labute approximate surface area is 147 Å². The number of nitrogens with zero attached hydrogens (tertiary/aromatic N) is 4. The summed E-state index contributed by atoms with van der Waals surface area (Å²) in [6, 6.07) is 14.1. The highest BCUT2D eigenvalue weighted by atomic mass is 16.2. The van der Waals surface area contributed by atoms with Crippen LogP contribution in [0.25, 0.3) is 0 Å². The molecular weight excluding hydrogens is 316 g/mol. The number of carbonyl (C=O) groups excluding carboxylic acids is 2. The minimum Gasteiger partial charge on any atom is -0.297 e. The summed E-state index contributed by atoms with van der Waals surface area (Å²) in [7, 11) is 0. The van der Waals surface area contributed by atoms with Crippen LogP contribution in [0.5, 0.6) is 0 Å². The fourth-order valence-corrected chi connectivity index (χ4v) is 3.70. The second-order valence-corrected chi connectivity index (χ2v) is 6.70. The van der Waals surface area contributed by atoms with E-state index >= 15 is 0 Å². The Morgan fingerprint density at radius 2 is 1.72 bits per heavy atom. The highest BCUT2D eigenvalue weighted by molar-refractivity contribution is 6.05. The molecular formula is C19H20N4O2. The number of benzene rings is 1. The van der Waals surface area contributed by atoms with E-state index in [0.717, 1.165) is 6.54 Å². The maximum absolute atomic E-state index is 12.6. The number of nitriles is 2. The fourth-order valence-electron chi connectivity index (χ4n) is 3.70. The summed E-state index contributed by atoms with van der Waals surface area (Å²) < 4.78 is 0. The zero-order valence-electron chi connectivity index (χ0n) is 14.0. The molecule has 3 atom stereocenters. The first-order valence-corrected chi connectivity index (χ1v) is 8.52. The van der Waals surface area contributed by atoms with Gasteiger partial charge in [-0.05, 0) is 12.0 Å². The maximum Gasteiger partial charge on any atom is 0.234 e. The van der Waals surface area contributed by atoms with Crippen molar-refractivity contribution in [1.82, 2.24) is 9.80 Å². The van der Waals surface area contributed by atoms with Gasteiger partial charge in [0.15, 0.2) is 0 Å². The van der Waals surface area contributed by atoms with E-state index in [4.69, 9.17) is 5.26 Å². The van der Waals surface area contributed by atoms with Crippen LogP contribution in [0, 0.1) is 40.4 Å². The summed E-state index contributed by atoms with van der Waals surface area (Å²) in [6.07, 6.45) is 0.645. The van der Waals surface area contributed by atoms with E-state index in [2.05, 4.69) is 11.0 Å². The molecule has 2 heterocycles. The summed E-state index contributed by atoms with van der Waals surface area (Å²) >= 11 is 0. The van der Waals surface area contributed by atoms with Crippen LogP contribution in [-0.4, -0.2) is 41.2 Å².